The maximum absolute atomic E-state index is 14.0. The van der Waals surface area contributed by atoms with Gasteiger partial charge in [0.25, 0.3) is 11.8 Å². The number of hydrogen-bond donors (Lipinski definition) is 6. The zero-order chi connectivity index (χ0) is 38.7. The summed E-state index contributed by atoms with van der Waals surface area (Å²) in [6.07, 6.45) is 0.893. The lowest BCUT2D eigenvalue weighted by molar-refractivity contribution is -0.130. The van der Waals surface area contributed by atoms with E-state index in [9.17, 15) is 32.0 Å². The van der Waals surface area contributed by atoms with E-state index >= 15 is 0 Å². The molecule has 4 rings (SSSR count). The van der Waals surface area contributed by atoms with Crippen LogP contribution >= 0.6 is 0 Å². The third kappa shape index (κ3) is 11.6. The Balaban J connectivity index is 1.59. The Bertz CT molecular complexity index is 1840. The van der Waals surface area contributed by atoms with Gasteiger partial charge < -0.3 is 26.6 Å². The van der Waals surface area contributed by atoms with Crippen LogP contribution in [0.25, 0.3) is 0 Å². The van der Waals surface area contributed by atoms with Crippen LogP contribution in [0.5, 0.6) is 0 Å². The van der Waals surface area contributed by atoms with Crippen molar-refractivity contribution < 1.29 is 32.0 Å². The fourth-order valence-electron chi connectivity index (χ4n) is 5.87. The van der Waals surface area contributed by atoms with Crippen molar-refractivity contribution in [3.63, 3.8) is 0 Å². The quantitative estimate of drug-likeness (QED) is 0.130. The van der Waals surface area contributed by atoms with Crippen molar-refractivity contribution in [2.24, 2.45) is 5.92 Å². The first kappa shape index (κ1) is 40.9. The van der Waals surface area contributed by atoms with Crippen LogP contribution < -0.4 is 35.6 Å². The standard InChI is InChI=1S/C38H50FN7O6S/c1-6-40-38(50)34(24(2)3)45-35(47)26(5)41-23-32(19-27-11-8-7-9-12-27)44-37(49)30-20-29(21-33(22-30)46-18-10-17-42-53(46,51)52)36(48)43-25(4)28-13-15-31(39)16-14-28/h7-9,11-16,20-22,24-26,32,34,41-42H,6,10,17-19,23H2,1-5H3,(H,40,50)(H,43,48)(H,44,49)(H,45,47)/t25-,26+,32+,34+/m1/s1. The maximum Gasteiger partial charge on any atom is 0.301 e. The molecule has 1 saturated heterocycles. The monoisotopic (exact) mass is 751 g/mol. The third-order valence-electron chi connectivity index (χ3n) is 8.88. The van der Waals surface area contributed by atoms with Crippen molar-refractivity contribution in [3.05, 3.63) is 101 Å². The molecule has 0 radical (unpaired) electrons. The zero-order valence-electron chi connectivity index (χ0n) is 30.7. The Kier molecular flexibility index (Phi) is 14.5. The van der Waals surface area contributed by atoms with Crippen LogP contribution in [0, 0.1) is 11.7 Å². The maximum atomic E-state index is 14.0. The molecule has 1 aliphatic rings. The van der Waals surface area contributed by atoms with Gasteiger partial charge in [0, 0.05) is 43.3 Å². The van der Waals surface area contributed by atoms with Gasteiger partial charge in [-0.15, -0.1) is 0 Å². The second-order valence-electron chi connectivity index (χ2n) is 13.5. The predicted octanol–water partition coefficient (Wildman–Crippen LogP) is 2.96. The Morgan fingerprint density at radius 3 is 2.09 bits per heavy atom. The summed E-state index contributed by atoms with van der Waals surface area (Å²) in [6, 6.07) is 16.9. The zero-order valence-corrected chi connectivity index (χ0v) is 31.6. The molecule has 1 aliphatic heterocycles. The summed E-state index contributed by atoms with van der Waals surface area (Å²) < 4.78 is 43.2. The average Bonchev–Trinajstić information content (AvgIpc) is 3.12. The number of amides is 4. The van der Waals surface area contributed by atoms with Crippen LogP contribution in [-0.4, -0.2) is 76.4 Å². The molecule has 15 heteroatoms. The molecule has 4 amide bonds. The first-order chi connectivity index (χ1) is 25.2. The number of halogens is 1. The summed E-state index contributed by atoms with van der Waals surface area (Å²) in [4.78, 5) is 53.3. The Morgan fingerprint density at radius 2 is 1.49 bits per heavy atom. The molecule has 3 aromatic rings. The summed E-state index contributed by atoms with van der Waals surface area (Å²) in [5.41, 5.74) is 1.81. The number of hydrogen-bond acceptors (Lipinski definition) is 7. The normalized spacial score (nSPS) is 16.2. The number of carbonyl (C=O) groups is 4. The lowest BCUT2D eigenvalue weighted by atomic mass is 10.0. The number of benzene rings is 3. The lowest BCUT2D eigenvalue weighted by Gasteiger charge is -2.29. The van der Waals surface area contributed by atoms with E-state index in [-0.39, 0.29) is 54.2 Å². The van der Waals surface area contributed by atoms with Crippen molar-refractivity contribution in [3.8, 4) is 0 Å². The smallest absolute Gasteiger partial charge is 0.301 e. The number of nitrogens with zero attached hydrogens (tertiary/aromatic N) is 1. The van der Waals surface area contributed by atoms with Crippen LogP contribution in [0.2, 0.25) is 0 Å². The Labute approximate surface area is 311 Å². The van der Waals surface area contributed by atoms with Gasteiger partial charge in [-0.05, 0) is 81.0 Å². The van der Waals surface area contributed by atoms with Gasteiger partial charge in [-0.3, -0.25) is 23.5 Å². The minimum Gasteiger partial charge on any atom is -0.355 e. The van der Waals surface area contributed by atoms with Gasteiger partial charge in [0.05, 0.1) is 17.8 Å². The summed E-state index contributed by atoms with van der Waals surface area (Å²) in [5.74, 6) is -2.34. The highest BCUT2D eigenvalue weighted by atomic mass is 32.2. The number of anilines is 1. The second kappa shape index (κ2) is 18.8. The van der Waals surface area contributed by atoms with E-state index in [1.165, 1.54) is 30.3 Å². The molecule has 286 valence electrons. The molecule has 6 N–H and O–H groups in total. The van der Waals surface area contributed by atoms with Crippen molar-refractivity contribution in [2.75, 3.05) is 30.5 Å². The number of nitrogens with one attached hydrogen (secondary N) is 6. The molecule has 3 aromatic carbocycles. The highest BCUT2D eigenvalue weighted by Crippen LogP contribution is 2.25. The average molecular weight is 752 g/mol. The van der Waals surface area contributed by atoms with Crippen molar-refractivity contribution >= 4 is 39.5 Å². The van der Waals surface area contributed by atoms with Crippen molar-refractivity contribution in [2.45, 2.75) is 71.6 Å². The van der Waals surface area contributed by atoms with Crippen LogP contribution in [0.15, 0.2) is 72.8 Å². The van der Waals surface area contributed by atoms with Gasteiger partial charge >= 0.3 is 10.2 Å². The van der Waals surface area contributed by atoms with Gasteiger partial charge in [0.2, 0.25) is 11.8 Å². The second-order valence-corrected chi connectivity index (χ2v) is 15.1. The van der Waals surface area contributed by atoms with E-state index in [0.29, 0.717) is 24.9 Å². The third-order valence-corrected chi connectivity index (χ3v) is 10.4. The van der Waals surface area contributed by atoms with Gasteiger partial charge in [0.1, 0.15) is 11.9 Å². The summed E-state index contributed by atoms with van der Waals surface area (Å²) in [7, 11) is -3.93. The van der Waals surface area contributed by atoms with E-state index in [0.717, 1.165) is 9.87 Å². The first-order valence-electron chi connectivity index (χ1n) is 17.8. The van der Waals surface area contributed by atoms with E-state index in [2.05, 4.69) is 31.3 Å². The van der Waals surface area contributed by atoms with Gasteiger partial charge in [-0.1, -0.05) is 56.3 Å². The molecule has 13 nitrogen and oxygen atoms in total. The molecule has 4 atom stereocenters. The molecule has 1 heterocycles. The summed E-state index contributed by atoms with van der Waals surface area (Å²) in [5, 5.41) is 14.6. The van der Waals surface area contributed by atoms with Crippen LogP contribution in [0.3, 0.4) is 0 Å². The SMILES string of the molecule is CCNC(=O)[C@@H](NC(=O)[C@H](C)NC[C@H](Cc1ccccc1)NC(=O)c1cc(C(=O)N[C@H](C)c2ccc(F)cc2)cc(N2CCCNS2(=O)=O)c1)C(C)C. The van der Waals surface area contributed by atoms with E-state index in [4.69, 9.17) is 0 Å². The van der Waals surface area contributed by atoms with Crippen molar-refractivity contribution in [1.82, 2.24) is 31.3 Å². The van der Waals surface area contributed by atoms with E-state index in [1.807, 2.05) is 44.2 Å². The van der Waals surface area contributed by atoms with Gasteiger partial charge in [-0.25, -0.2) is 4.39 Å². The van der Waals surface area contributed by atoms with Crippen LogP contribution in [0.4, 0.5) is 10.1 Å². The molecule has 0 spiro atoms. The summed E-state index contributed by atoms with van der Waals surface area (Å²) in [6.45, 7) is 9.89. The van der Waals surface area contributed by atoms with Crippen LogP contribution in [0.1, 0.15) is 78.9 Å². The molecular formula is C38H50FN7O6S. The predicted molar refractivity (Wildman–Crippen MR) is 202 cm³/mol. The largest absolute Gasteiger partial charge is 0.355 e. The lowest BCUT2D eigenvalue weighted by Crippen LogP contribution is -2.55. The van der Waals surface area contributed by atoms with Gasteiger partial charge in [0.15, 0.2) is 0 Å². The highest BCUT2D eigenvalue weighted by molar-refractivity contribution is 7.90. The first-order valence-corrected chi connectivity index (χ1v) is 19.3. The van der Waals surface area contributed by atoms with E-state index in [1.54, 1.807) is 32.9 Å². The minimum atomic E-state index is -3.93. The Hall–Kier alpha value is -4.86. The van der Waals surface area contributed by atoms with E-state index < -0.39 is 52.0 Å². The molecule has 0 saturated carbocycles. The van der Waals surface area contributed by atoms with Crippen molar-refractivity contribution in [1.29, 1.82) is 0 Å². The molecule has 0 unspecified atom stereocenters. The topological polar surface area (TPSA) is 178 Å². The fourth-order valence-corrected chi connectivity index (χ4v) is 7.18. The Morgan fingerprint density at radius 1 is 0.849 bits per heavy atom. The summed E-state index contributed by atoms with van der Waals surface area (Å²) >= 11 is 0. The number of carbonyl (C=O) groups excluding carboxylic acids is 4. The highest BCUT2D eigenvalue weighted by Gasteiger charge is 2.29. The number of rotatable bonds is 16. The number of likely N-dealkylation sites (N-methyl/N-ethyl adjacent to an activating group) is 1. The molecule has 53 heavy (non-hydrogen) atoms. The molecule has 0 aliphatic carbocycles. The molecular weight excluding hydrogens is 702 g/mol. The fraction of sp³-hybridized carbons (Fsp3) is 0.421. The molecule has 0 aromatic heterocycles. The minimum absolute atomic E-state index is 0.0495. The molecule has 1 fully saturated rings. The van der Waals surface area contributed by atoms with Gasteiger partial charge in [-0.2, -0.15) is 13.1 Å². The molecule has 0 bridgehead atoms. The van der Waals surface area contributed by atoms with Crippen LogP contribution in [-0.2, 0) is 26.2 Å².